The summed E-state index contributed by atoms with van der Waals surface area (Å²) in [5, 5.41) is 13.6. The number of rotatable bonds is 9. The lowest BCUT2D eigenvalue weighted by Gasteiger charge is -2.08. The van der Waals surface area contributed by atoms with E-state index >= 15 is 0 Å². The van der Waals surface area contributed by atoms with Crippen LogP contribution in [0, 0.1) is 17.0 Å². The summed E-state index contributed by atoms with van der Waals surface area (Å²) in [6.45, 7) is 1.96. The smallest absolute Gasteiger partial charge is 0.338 e. The molecule has 0 saturated carbocycles. The predicted octanol–water partition coefficient (Wildman–Crippen LogP) is 2.60. The fraction of sp³-hybridized carbons (Fsp3) is 0.286. The normalized spacial score (nSPS) is 10.2. The number of hydrogen-bond donors (Lipinski definition) is 1. The van der Waals surface area contributed by atoms with Crippen molar-refractivity contribution in [1.29, 1.82) is 0 Å². The second-order valence-corrected chi connectivity index (χ2v) is 6.49. The van der Waals surface area contributed by atoms with E-state index < -0.39 is 22.5 Å². The minimum atomic E-state index is -0.849. The molecule has 9 heteroatoms. The zero-order valence-electron chi connectivity index (χ0n) is 16.7. The van der Waals surface area contributed by atoms with Gasteiger partial charge in [0.2, 0.25) is 5.91 Å². The molecule has 1 amide bonds. The quantitative estimate of drug-likeness (QED) is 0.289. The zero-order valence-corrected chi connectivity index (χ0v) is 16.7. The predicted molar refractivity (Wildman–Crippen MR) is 107 cm³/mol. The second-order valence-electron chi connectivity index (χ2n) is 6.49. The number of esters is 2. The van der Waals surface area contributed by atoms with Gasteiger partial charge in [0, 0.05) is 18.6 Å². The molecule has 2 aromatic carbocycles. The van der Waals surface area contributed by atoms with Crippen molar-refractivity contribution < 1.29 is 28.8 Å². The van der Waals surface area contributed by atoms with Crippen LogP contribution in [0.15, 0.2) is 42.5 Å². The second kappa shape index (κ2) is 10.7. The van der Waals surface area contributed by atoms with Gasteiger partial charge in [0.25, 0.3) is 5.69 Å². The number of carbonyl (C=O) groups is 3. The highest BCUT2D eigenvalue weighted by Crippen LogP contribution is 2.19. The number of nitro groups is 1. The number of non-ortho nitro benzene ring substituents is 1. The highest BCUT2D eigenvalue weighted by molar-refractivity contribution is 5.96. The van der Waals surface area contributed by atoms with E-state index in [4.69, 9.17) is 4.74 Å². The van der Waals surface area contributed by atoms with Gasteiger partial charge in [-0.05, 0) is 25.0 Å². The van der Waals surface area contributed by atoms with Crippen molar-refractivity contribution in [2.24, 2.45) is 0 Å². The third-order valence-electron chi connectivity index (χ3n) is 4.20. The molecular formula is C21H22N2O7. The van der Waals surface area contributed by atoms with Crippen molar-refractivity contribution in [3.8, 4) is 0 Å². The largest absolute Gasteiger partial charge is 0.465 e. The Labute approximate surface area is 173 Å². The standard InChI is InChI=1S/C21H22N2O7/c1-14-3-5-15(6-4-14)7-8-19(24)22-9-10-30-21(26)17-11-16(20(25)29-2)12-18(13-17)23(27)28/h3-6,11-13H,7-10H2,1-2H3,(H,22,24). The van der Waals surface area contributed by atoms with Gasteiger partial charge in [0.1, 0.15) is 6.61 Å². The Morgan fingerprint density at radius 3 is 2.27 bits per heavy atom. The summed E-state index contributed by atoms with van der Waals surface area (Å²) >= 11 is 0. The van der Waals surface area contributed by atoms with Gasteiger partial charge >= 0.3 is 11.9 Å². The maximum absolute atomic E-state index is 12.2. The van der Waals surface area contributed by atoms with Gasteiger partial charge in [-0.2, -0.15) is 0 Å². The third kappa shape index (κ3) is 6.69. The van der Waals surface area contributed by atoms with E-state index in [9.17, 15) is 24.5 Å². The average molecular weight is 414 g/mol. The van der Waals surface area contributed by atoms with Gasteiger partial charge in [-0.3, -0.25) is 14.9 Å². The maximum atomic E-state index is 12.2. The summed E-state index contributed by atoms with van der Waals surface area (Å²) in [7, 11) is 1.13. The topological polar surface area (TPSA) is 125 Å². The molecule has 2 rings (SSSR count). The fourth-order valence-electron chi connectivity index (χ4n) is 2.59. The minimum absolute atomic E-state index is 0.0945. The van der Waals surface area contributed by atoms with E-state index in [2.05, 4.69) is 10.1 Å². The Morgan fingerprint density at radius 1 is 1.03 bits per heavy atom. The van der Waals surface area contributed by atoms with Crippen molar-refractivity contribution in [2.75, 3.05) is 20.3 Å². The van der Waals surface area contributed by atoms with Gasteiger partial charge in [0.15, 0.2) is 0 Å². The average Bonchev–Trinajstić information content (AvgIpc) is 2.75. The molecule has 0 atom stereocenters. The molecule has 0 aliphatic rings. The van der Waals surface area contributed by atoms with Crippen LogP contribution in [0.5, 0.6) is 0 Å². The first-order valence-electron chi connectivity index (χ1n) is 9.17. The summed E-state index contributed by atoms with van der Waals surface area (Å²) in [5.74, 6) is -1.85. The van der Waals surface area contributed by atoms with Crippen molar-refractivity contribution in [2.45, 2.75) is 19.8 Å². The molecule has 0 fully saturated rings. The van der Waals surface area contributed by atoms with Crippen LogP contribution in [0.4, 0.5) is 5.69 Å². The van der Waals surface area contributed by atoms with Crippen molar-refractivity contribution >= 4 is 23.5 Å². The Morgan fingerprint density at radius 2 is 1.67 bits per heavy atom. The number of aryl methyl sites for hydroxylation is 2. The molecule has 0 saturated heterocycles. The number of methoxy groups -OCH3 is 1. The lowest BCUT2D eigenvalue weighted by molar-refractivity contribution is -0.384. The number of nitrogens with one attached hydrogen (secondary N) is 1. The fourth-order valence-corrected chi connectivity index (χ4v) is 2.59. The molecule has 158 valence electrons. The van der Waals surface area contributed by atoms with Crippen LogP contribution in [0.1, 0.15) is 38.3 Å². The maximum Gasteiger partial charge on any atom is 0.338 e. The molecule has 0 aliphatic heterocycles. The number of carbonyl (C=O) groups excluding carboxylic acids is 3. The lowest BCUT2D eigenvalue weighted by atomic mass is 10.1. The number of nitrogens with zero attached hydrogens (tertiary/aromatic N) is 1. The molecule has 0 aromatic heterocycles. The molecule has 0 heterocycles. The molecule has 0 bridgehead atoms. The van der Waals surface area contributed by atoms with Crippen molar-refractivity contribution in [3.05, 3.63) is 74.8 Å². The van der Waals surface area contributed by atoms with Gasteiger partial charge in [0.05, 0.1) is 29.7 Å². The van der Waals surface area contributed by atoms with Gasteiger partial charge < -0.3 is 14.8 Å². The van der Waals surface area contributed by atoms with Crippen LogP contribution in [-0.2, 0) is 20.7 Å². The summed E-state index contributed by atoms with van der Waals surface area (Å²) in [5.41, 5.74) is 1.47. The first kappa shape index (κ1) is 22.5. The highest BCUT2D eigenvalue weighted by atomic mass is 16.6. The molecule has 2 aromatic rings. The van der Waals surface area contributed by atoms with Crippen LogP contribution < -0.4 is 5.32 Å². The van der Waals surface area contributed by atoms with Crippen molar-refractivity contribution in [1.82, 2.24) is 5.32 Å². The van der Waals surface area contributed by atoms with Crippen LogP contribution in [0.3, 0.4) is 0 Å². The first-order valence-corrected chi connectivity index (χ1v) is 9.17. The van der Waals surface area contributed by atoms with E-state index in [-0.39, 0.29) is 30.2 Å². The van der Waals surface area contributed by atoms with E-state index in [1.54, 1.807) is 0 Å². The molecule has 0 unspecified atom stereocenters. The van der Waals surface area contributed by atoms with Gasteiger partial charge in [-0.25, -0.2) is 9.59 Å². The van der Waals surface area contributed by atoms with E-state index in [1.165, 1.54) is 0 Å². The zero-order chi connectivity index (χ0) is 22.1. The number of nitro benzene ring substituents is 1. The minimum Gasteiger partial charge on any atom is -0.465 e. The highest BCUT2D eigenvalue weighted by Gasteiger charge is 2.19. The van der Waals surface area contributed by atoms with Crippen molar-refractivity contribution in [3.63, 3.8) is 0 Å². The molecule has 0 spiro atoms. The number of hydrogen-bond acceptors (Lipinski definition) is 7. The lowest BCUT2D eigenvalue weighted by Crippen LogP contribution is -2.28. The summed E-state index contributed by atoms with van der Waals surface area (Å²) < 4.78 is 9.56. The Bertz CT molecular complexity index is 939. The third-order valence-corrected chi connectivity index (χ3v) is 4.20. The van der Waals surface area contributed by atoms with Crippen LogP contribution in [-0.4, -0.2) is 43.0 Å². The first-order chi connectivity index (χ1) is 14.3. The SMILES string of the molecule is COC(=O)c1cc(C(=O)OCCNC(=O)CCc2ccc(C)cc2)cc([N+](=O)[O-])c1. The Kier molecular flexibility index (Phi) is 8.04. The molecule has 0 radical (unpaired) electrons. The number of ether oxygens (including phenoxy) is 2. The van der Waals surface area contributed by atoms with Crippen LogP contribution >= 0.6 is 0 Å². The van der Waals surface area contributed by atoms with E-state index in [0.717, 1.165) is 36.4 Å². The molecule has 30 heavy (non-hydrogen) atoms. The van der Waals surface area contributed by atoms with Gasteiger partial charge in [-0.15, -0.1) is 0 Å². The van der Waals surface area contributed by atoms with Crippen LogP contribution in [0.25, 0.3) is 0 Å². The summed E-state index contributed by atoms with van der Waals surface area (Å²) in [6, 6.07) is 11.1. The molecule has 1 N–H and O–H groups in total. The van der Waals surface area contributed by atoms with E-state index in [0.29, 0.717) is 12.8 Å². The molecule has 9 nitrogen and oxygen atoms in total. The van der Waals surface area contributed by atoms with Gasteiger partial charge in [-0.1, -0.05) is 29.8 Å². The number of benzene rings is 2. The Balaban J connectivity index is 1.83. The van der Waals surface area contributed by atoms with Crippen LogP contribution in [0.2, 0.25) is 0 Å². The monoisotopic (exact) mass is 414 g/mol. The number of amides is 1. The molecular weight excluding hydrogens is 392 g/mol. The Hall–Kier alpha value is -3.75. The van der Waals surface area contributed by atoms with E-state index in [1.807, 2.05) is 31.2 Å². The summed E-state index contributed by atoms with van der Waals surface area (Å²) in [6.07, 6.45) is 0.889. The summed E-state index contributed by atoms with van der Waals surface area (Å²) in [4.78, 5) is 46.0. The molecule has 0 aliphatic carbocycles.